The number of ether oxygens (including phenoxy) is 1. The molecule has 0 spiro atoms. The molecule has 0 aliphatic rings. The number of amides is 1. The quantitative estimate of drug-likeness (QED) is 0.806. The molecular weight excluding hydrogens is 352 g/mol. The van der Waals surface area contributed by atoms with Crippen molar-refractivity contribution in [2.45, 2.75) is 20.3 Å². The van der Waals surface area contributed by atoms with E-state index in [1.165, 1.54) is 11.4 Å². The molecule has 0 saturated carbocycles. The van der Waals surface area contributed by atoms with Gasteiger partial charge in [0.1, 0.15) is 5.75 Å². The molecule has 6 nitrogen and oxygen atoms in total. The lowest BCUT2D eigenvalue weighted by Gasteiger charge is -2.25. The SMILES string of the molecule is COc1ccccc1NC(=O)CCN(c1c(C)cccc1C)S(C)(=O)=O. The van der Waals surface area contributed by atoms with Crippen LogP contribution < -0.4 is 14.4 Å². The molecule has 1 amide bonds. The summed E-state index contributed by atoms with van der Waals surface area (Å²) in [5, 5.41) is 2.76. The predicted molar refractivity (Wildman–Crippen MR) is 104 cm³/mol. The molecule has 1 N–H and O–H groups in total. The lowest BCUT2D eigenvalue weighted by molar-refractivity contribution is -0.116. The van der Waals surface area contributed by atoms with Gasteiger partial charge in [0, 0.05) is 13.0 Å². The van der Waals surface area contributed by atoms with E-state index in [-0.39, 0.29) is 18.9 Å². The summed E-state index contributed by atoms with van der Waals surface area (Å²) in [7, 11) is -1.99. The summed E-state index contributed by atoms with van der Waals surface area (Å²) in [6, 6.07) is 12.7. The normalized spacial score (nSPS) is 11.1. The smallest absolute Gasteiger partial charge is 0.232 e. The fourth-order valence-corrected chi connectivity index (χ4v) is 3.85. The highest BCUT2D eigenvalue weighted by molar-refractivity contribution is 7.92. The molecule has 0 atom stereocenters. The van der Waals surface area contributed by atoms with Crippen LogP contribution in [0.2, 0.25) is 0 Å². The van der Waals surface area contributed by atoms with Gasteiger partial charge in [-0.05, 0) is 37.1 Å². The van der Waals surface area contributed by atoms with E-state index >= 15 is 0 Å². The van der Waals surface area contributed by atoms with Crippen molar-refractivity contribution in [2.75, 3.05) is 29.5 Å². The zero-order valence-corrected chi connectivity index (χ0v) is 16.3. The summed E-state index contributed by atoms with van der Waals surface area (Å²) >= 11 is 0. The van der Waals surface area contributed by atoms with Gasteiger partial charge in [-0.15, -0.1) is 0 Å². The maximum Gasteiger partial charge on any atom is 0.232 e. The molecule has 140 valence electrons. The van der Waals surface area contributed by atoms with Crippen LogP contribution in [0.5, 0.6) is 5.75 Å². The van der Waals surface area contributed by atoms with Gasteiger partial charge in [0.15, 0.2) is 0 Å². The average molecular weight is 376 g/mol. The maximum absolute atomic E-state index is 12.3. The first-order valence-electron chi connectivity index (χ1n) is 8.21. The van der Waals surface area contributed by atoms with Crippen molar-refractivity contribution in [2.24, 2.45) is 0 Å². The standard InChI is InChI=1S/C19H24N2O4S/c1-14-8-7-9-15(2)19(14)21(26(4,23)24)13-12-18(22)20-16-10-5-6-11-17(16)25-3/h5-11H,12-13H2,1-4H3,(H,20,22). The Morgan fingerprint density at radius 1 is 1.08 bits per heavy atom. The van der Waals surface area contributed by atoms with E-state index in [1.807, 2.05) is 32.0 Å². The van der Waals surface area contributed by atoms with Gasteiger partial charge in [-0.2, -0.15) is 0 Å². The molecule has 0 aromatic heterocycles. The van der Waals surface area contributed by atoms with E-state index in [9.17, 15) is 13.2 Å². The summed E-state index contributed by atoms with van der Waals surface area (Å²) in [5.74, 6) is 0.268. The first-order chi connectivity index (χ1) is 12.2. The van der Waals surface area contributed by atoms with E-state index in [2.05, 4.69) is 5.32 Å². The molecule has 0 fully saturated rings. The highest BCUT2D eigenvalue weighted by atomic mass is 32.2. The van der Waals surface area contributed by atoms with Crippen molar-refractivity contribution < 1.29 is 17.9 Å². The van der Waals surface area contributed by atoms with Crippen LogP contribution >= 0.6 is 0 Å². The van der Waals surface area contributed by atoms with Crippen LogP contribution in [0.3, 0.4) is 0 Å². The number of nitrogens with zero attached hydrogens (tertiary/aromatic N) is 1. The zero-order chi connectivity index (χ0) is 19.3. The van der Waals surface area contributed by atoms with Crippen molar-refractivity contribution in [3.05, 3.63) is 53.6 Å². The fourth-order valence-electron chi connectivity index (χ4n) is 2.81. The van der Waals surface area contributed by atoms with Crippen LogP contribution in [0, 0.1) is 13.8 Å². The summed E-state index contributed by atoms with van der Waals surface area (Å²) in [6.07, 6.45) is 1.18. The molecule has 2 aromatic rings. The minimum absolute atomic E-state index is 0.0267. The van der Waals surface area contributed by atoms with Gasteiger partial charge in [-0.1, -0.05) is 30.3 Å². The Bertz CT molecular complexity index is 874. The minimum Gasteiger partial charge on any atom is -0.495 e. The minimum atomic E-state index is -3.52. The van der Waals surface area contributed by atoms with Crippen molar-refractivity contribution >= 4 is 27.3 Å². The van der Waals surface area contributed by atoms with Gasteiger partial charge in [-0.25, -0.2) is 8.42 Å². The van der Waals surface area contributed by atoms with Gasteiger partial charge in [0.25, 0.3) is 0 Å². The largest absolute Gasteiger partial charge is 0.495 e. The molecule has 0 radical (unpaired) electrons. The van der Waals surface area contributed by atoms with Crippen LogP contribution in [0.15, 0.2) is 42.5 Å². The van der Waals surface area contributed by atoms with E-state index < -0.39 is 10.0 Å². The monoisotopic (exact) mass is 376 g/mol. The molecule has 0 unspecified atom stereocenters. The average Bonchev–Trinajstić information content (AvgIpc) is 2.56. The summed E-state index contributed by atoms with van der Waals surface area (Å²) in [4.78, 5) is 12.3. The topological polar surface area (TPSA) is 75.7 Å². The van der Waals surface area contributed by atoms with Crippen molar-refractivity contribution in [1.82, 2.24) is 0 Å². The molecule has 0 aliphatic carbocycles. The Balaban J connectivity index is 2.17. The van der Waals surface area contributed by atoms with E-state index in [4.69, 9.17) is 4.74 Å². The lowest BCUT2D eigenvalue weighted by Crippen LogP contribution is -2.34. The first-order valence-corrected chi connectivity index (χ1v) is 10.1. The summed E-state index contributed by atoms with van der Waals surface area (Å²) in [5.41, 5.74) is 2.87. The van der Waals surface area contributed by atoms with E-state index in [1.54, 1.807) is 24.3 Å². The van der Waals surface area contributed by atoms with Gasteiger partial charge in [-0.3, -0.25) is 9.10 Å². The number of aryl methyl sites for hydroxylation is 2. The molecule has 0 heterocycles. The highest BCUT2D eigenvalue weighted by Crippen LogP contribution is 2.27. The molecule has 2 aromatic carbocycles. The Morgan fingerprint density at radius 3 is 2.27 bits per heavy atom. The van der Waals surface area contributed by atoms with Crippen molar-refractivity contribution in [1.29, 1.82) is 0 Å². The number of methoxy groups -OCH3 is 1. The molecule has 0 aliphatic heterocycles. The molecule has 26 heavy (non-hydrogen) atoms. The van der Waals surface area contributed by atoms with Crippen LogP contribution in [-0.2, 0) is 14.8 Å². The zero-order valence-electron chi connectivity index (χ0n) is 15.4. The van der Waals surface area contributed by atoms with Crippen LogP contribution in [0.4, 0.5) is 11.4 Å². The van der Waals surface area contributed by atoms with Gasteiger partial charge in [0.05, 0.1) is 24.7 Å². The number of hydrogen-bond donors (Lipinski definition) is 1. The van der Waals surface area contributed by atoms with Gasteiger partial charge in [0.2, 0.25) is 15.9 Å². The van der Waals surface area contributed by atoms with Crippen LogP contribution in [0.25, 0.3) is 0 Å². The maximum atomic E-state index is 12.3. The molecule has 2 rings (SSSR count). The van der Waals surface area contributed by atoms with Crippen molar-refractivity contribution in [3.63, 3.8) is 0 Å². The van der Waals surface area contributed by atoms with Gasteiger partial charge >= 0.3 is 0 Å². The Morgan fingerprint density at radius 2 is 1.69 bits per heavy atom. The number of hydrogen-bond acceptors (Lipinski definition) is 4. The second-order valence-corrected chi connectivity index (χ2v) is 7.98. The summed E-state index contributed by atoms with van der Waals surface area (Å²) in [6.45, 7) is 3.77. The number of sulfonamides is 1. The Kier molecular flexibility index (Phi) is 6.26. The Labute approximate surface area is 154 Å². The second kappa shape index (κ2) is 8.23. The number of carbonyl (C=O) groups excluding carboxylic acids is 1. The third-order valence-corrected chi connectivity index (χ3v) is 5.18. The molecule has 0 bridgehead atoms. The molecular formula is C19H24N2O4S. The first kappa shape index (κ1) is 19.8. The van der Waals surface area contributed by atoms with Crippen molar-refractivity contribution in [3.8, 4) is 5.75 Å². The third kappa shape index (κ3) is 4.76. The molecule has 7 heteroatoms. The van der Waals surface area contributed by atoms with Gasteiger partial charge < -0.3 is 10.1 Å². The lowest BCUT2D eigenvalue weighted by atomic mass is 10.1. The predicted octanol–water partition coefficient (Wildman–Crippen LogP) is 3.11. The third-order valence-electron chi connectivity index (χ3n) is 4.01. The number of para-hydroxylation sites is 3. The number of anilines is 2. The van der Waals surface area contributed by atoms with E-state index in [0.29, 0.717) is 17.1 Å². The number of benzene rings is 2. The Hall–Kier alpha value is -2.54. The number of rotatable bonds is 7. The number of nitrogens with one attached hydrogen (secondary N) is 1. The van der Waals surface area contributed by atoms with Crippen LogP contribution in [-0.4, -0.2) is 34.2 Å². The second-order valence-electron chi connectivity index (χ2n) is 6.07. The van der Waals surface area contributed by atoms with E-state index in [0.717, 1.165) is 17.4 Å². The number of carbonyl (C=O) groups is 1. The fraction of sp³-hybridized carbons (Fsp3) is 0.316. The molecule has 0 saturated heterocycles. The van der Waals surface area contributed by atoms with Crippen LogP contribution in [0.1, 0.15) is 17.5 Å². The highest BCUT2D eigenvalue weighted by Gasteiger charge is 2.22. The summed E-state index contributed by atoms with van der Waals surface area (Å²) < 4.78 is 31.1.